The average Bonchev–Trinajstić information content (AvgIpc) is 3.09. The third kappa shape index (κ3) is 1.81. The number of hydrogen-bond acceptors (Lipinski definition) is 5. The summed E-state index contributed by atoms with van der Waals surface area (Å²) in [5, 5.41) is 3.92. The maximum atomic E-state index is 5.57. The van der Waals surface area contributed by atoms with E-state index in [0.29, 0.717) is 11.7 Å². The van der Waals surface area contributed by atoms with Crippen LogP contribution < -0.4 is 5.73 Å². The molecular formula is C13H15N3O2. The van der Waals surface area contributed by atoms with E-state index in [1.54, 1.807) is 7.11 Å². The van der Waals surface area contributed by atoms with Gasteiger partial charge in [0.2, 0.25) is 11.7 Å². The average molecular weight is 245 g/mol. The van der Waals surface area contributed by atoms with Crippen LogP contribution in [-0.2, 0) is 16.9 Å². The van der Waals surface area contributed by atoms with Crippen molar-refractivity contribution >= 4 is 0 Å². The lowest BCUT2D eigenvalue weighted by atomic mass is 10.0. The second-order valence-corrected chi connectivity index (χ2v) is 4.50. The van der Waals surface area contributed by atoms with Crippen molar-refractivity contribution in [1.82, 2.24) is 10.1 Å². The number of ether oxygens (including phenoxy) is 1. The highest BCUT2D eigenvalue weighted by atomic mass is 16.5. The minimum Gasteiger partial charge on any atom is -0.374 e. The third-order valence-corrected chi connectivity index (χ3v) is 3.38. The normalized spacial score (nSPS) is 16.8. The van der Waals surface area contributed by atoms with Crippen LogP contribution in [0.2, 0.25) is 0 Å². The van der Waals surface area contributed by atoms with E-state index >= 15 is 0 Å². The number of aromatic nitrogens is 2. The Morgan fingerprint density at radius 2 is 2.28 bits per heavy atom. The van der Waals surface area contributed by atoms with Crippen LogP contribution in [0.5, 0.6) is 0 Å². The molecule has 1 aromatic heterocycles. The van der Waals surface area contributed by atoms with E-state index in [4.69, 9.17) is 15.0 Å². The minimum absolute atomic E-state index is 0.101. The van der Waals surface area contributed by atoms with Crippen molar-refractivity contribution in [2.75, 3.05) is 7.11 Å². The first-order valence-corrected chi connectivity index (χ1v) is 5.96. The summed E-state index contributed by atoms with van der Waals surface area (Å²) in [7, 11) is 1.75. The summed E-state index contributed by atoms with van der Waals surface area (Å²) in [4.78, 5) is 4.22. The maximum absolute atomic E-state index is 5.57. The fourth-order valence-electron chi connectivity index (χ4n) is 2.12. The number of nitrogens with two attached hydrogens (primary N) is 1. The van der Waals surface area contributed by atoms with Gasteiger partial charge in [-0.05, 0) is 24.5 Å². The predicted molar refractivity (Wildman–Crippen MR) is 65.5 cm³/mol. The van der Waals surface area contributed by atoms with Gasteiger partial charge < -0.3 is 15.0 Å². The predicted octanol–water partition coefficient (Wildman–Crippen LogP) is 1.83. The first-order valence-electron chi connectivity index (χ1n) is 5.96. The Bertz CT molecular complexity index is 561. The van der Waals surface area contributed by atoms with Gasteiger partial charge in [0.15, 0.2) is 0 Å². The highest BCUT2D eigenvalue weighted by molar-refractivity contribution is 5.56. The second kappa shape index (κ2) is 4.19. The first kappa shape index (κ1) is 11.4. The molecule has 1 fully saturated rings. The molecule has 0 aliphatic heterocycles. The van der Waals surface area contributed by atoms with Crippen LogP contribution >= 0.6 is 0 Å². The Balaban J connectivity index is 1.96. The number of nitrogens with zero attached hydrogens (tertiary/aromatic N) is 2. The van der Waals surface area contributed by atoms with Crippen LogP contribution in [0, 0.1) is 0 Å². The van der Waals surface area contributed by atoms with Crippen molar-refractivity contribution in [3.05, 3.63) is 35.7 Å². The van der Waals surface area contributed by atoms with E-state index < -0.39 is 0 Å². The summed E-state index contributed by atoms with van der Waals surface area (Å²) in [6.45, 7) is 0.259. The van der Waals surface area contributed by atoms with Gasteiger partial charge in [-0.3, -0.25) is 0 Å². The number of hydrogen-bond donors (Lipinski definition) is 1. The quantitative estimate of drug-likeness (QED) is 0.889. The lowest BCUT2D eigenvalue weighted by molar-refractivity contribution is 0.0789. The molecule has 1 heterocycles. The molecule has 3 rings (SSSR count). The van der Waals surface area contributed by atoms with Crippen molar-refractivity contribution in [3.63, 3.8) is 0 Å². The molecule has 1 aliphatic carbocycles. The van der Waals surface area contributed by atoms with E-state index in [1.165, 1.54) is 5.56 Å². The molecule has 0 bridgehead atoms. The topological polar surface area (TPSA) is 74.2 Å². The molecular weight excluding hydrogens is 230 g/mol. The summed E-state index contributed by atoms with van der Waals surface area (Å²) in [6, 6.07) is 8.08. The van der Waals surface area contributed by atoms with Gasteiger partial charge in [-0.2, -0.15) is 4.98 Å². The Morgan fingerprint density at radius 1 is 1.44 bits per heavy atom. The van der Waals surface area contributed by atoms with E-state index in [1.807, 2.05) is 12.1 Å². The van der Waals surface area contributed by atoms with Gasteiger partial charge in [-0.25, -0.2) is 0 Å². The highest BCUT2D eigenvalue weighted by Gasteiger charge is 2.44. The zero-order valence-electron chi connectivity index (χ0n) is 10.2. The van der Waals surface area contributed by atoms with Crippen molar-refractivity contribution in [2.45, 2.75) is 25.0 Å². The fraction of sp³-hybridized carbons (Fsp3) is 0.385. The summed E-state index contributed by atoms with van der Waals surface area (Å²) in [5.41, 5.74) is 7.45. The van der Waals surface area contributed by atoms with Gasteiger partial charge in [-0.15, -0.1) is 0 Å². The molecule has 0 unspecified atom stereocenters. The first-order chi connectivity index (χ1) is 8.77. The molecule has 0 radical (unpaired) electrons. The molecule has 0 spiro atoms. The molecule has 0 amide bonds. The molecule has 0 saturated heterocycles. The number of rotatable bonds is 4. The van der Waals surface area contributed by atoms with Crippen LogP contribution in [0.25, 0.3) is 11.4 Å². The van der Waals surface area contributed by atoms with Crippen LogP contribution in [-0.4, -0.2) is 17.3 Å². The molecule has 5 nitrogen and oxygen atoms in total. The molecule has 94 valence electrons. The SMILES string of the molecule is COC1(c2cccc(-c3noc(CN)n3)c2)CC1. The van der Waals surface area contributed by atoms with Gasteiger partial charge in [-0.1, -0.05) is 23.4 Å². The summed E-state index contributed by atoms with van der Waals surface area (Å²) in [6.07, 6.45) is 2.13. The largest absolute Gasteiger partial charge is 0.374 e. The molecule has 18 heavy (non-hydrogen) atoms. The van der Waals surface area contributed by atoms with Crippen LogP contribution in [0.4, 0.5) is 0 Å². The fourth-order valence-corrected chi connectivity index (χ4v) is 2.12. The molecule has 1 aliphatic rings. The minimum atomic E-state index is -0.101. The zero-order chi connectivity index (χ0) is 12.6. The van der Waals surface area contributed by atoms with Gasteiger partial charge in [0.1, 0.15) is 0 Å². The lowest BCUT2D eigenvalue weighted by Crippen LogP contribution is -2.08. The van der Waals surface area contributed by atoms with E-state index in [9.17, 15) is 0 Å². The van der Waals surface area contributed by atoms with E-state index in [2.05, 4.69) is 22.3 Å². The van der Waals surface area contributed by atoms with Crippen LogP contribution in [0.1, 0.15) is 24.3 Å². The van der Waals surface area contributed by atoms with Gasteiger partial charge in [0.05, 0.1) is 12.1 Å². The molecule has 1 aromatic carbocycles. The van der Waals surface area contributed by atoms with Crippen molar-refractivity contribution in [1.29, 1.82) is 0 Å². The Morgan fingerprint density at radius 3 is 2.89 bits per heavy atom. The summed E-state index contributed by atoms with van der Waals surface area (Å²) < 4.78 is 10.6. The Kier molecular flexibility index (Phi) is 2.65. The molecule has 2 N–H and O–H groups in total. The van der Waals surface area contributed by atoms with Crippen molar-refractivity contribution in [3.8, 4) is 11.4 Å². The Labute approximate surface area is 105 Å². The molecule has 2 aromatic rings. The van der Waals surface area contributed by atoms with Crippen LogP contribution in [0.3, 0.4) is 0 Å². The van der Waals surface area contributed by atoms with E-state index in [0.717, 1.165) is 18.4 Å². The van der Waals surface area contributed by atoms with Crippen molar-refractivity contribution in [2.24, 2.45) is 5.73 Å². The zero-order valence-corrected chi connectivity index (χ0v) is 10.2. The molecule has 1 saturated carbocycles. The smallest absolute Gasteiger partial charge is 0.240 e. The van der Waals surface area contributed by atoms with Gasteiger partial charge in [0, 0.05) is 12.7 Å². The second-order valence-electron chi connectivity index (χ2n) is 4.50. The molecule has 5 heteroatoms. The highest BCUT2D eigenvalue weighted by Crippen LogP contribution is 2.49. The van der Waals surface area contributed by atoms with E-state index in [-0.39, 0.29) is 12.1 Å². The maximum Gasteiger partial charge on any atom is 0.240 e. The number of methoxy groups -OCH3 is 1. The van der Waals surface area contributed by atoms with Gasteiger partial charge >= 0.3 is 0 Å². The van der Waals surface area contributed by atoms with Crippen molar-refractivity contribution < 1.29 is 9.26 Å². The number of benzene rings is 1. The van der Waals surface area contributed by atoms with Gasteiger partial charge in [0.25, 0.3) is 0 Å². The Hall–Kier alpha value is -1.72. The molecule has 0 atom stereocenters. The third-order valence-electron chi connectivity index (χ3n) is 3.38. The monoisotopic (exact) mass is 245 g/mol. The standard InChI is InChI=1S/C13H15N3O2/c1-17-13(5-6-13)10-4-2-3-9(7-10)12-15-11(8-14)18-16-12/h2-4,7H,5-6,8,14H2,1H3. The summed E-state index contributed by atoms with van der Waals surface area (Å²) in [5.74, 6) is 1.02. The lowest BCUT2D eigenvalue weighted by Gasteiger charge is -2.13. The summed E-state index contributed by atoms with van der Waals surface area (Å²) >= 11 is 0. The van der Waals surface area contributed by atoms with Crippen LogP contribution in [0.15, 0.2) is 28.8 Å².